The van der Waals surface area contributed by atoms with E-state index >= 15 is 0 Å². The van der Waals surface area contributed by atoms with E-state index in [4.69, 9.17) is 0 Å². The molecule has 2 aliphatic rings. The Morgan fingerprint density at radius 1 is 1.32 bits per heavy atom. The Morgan fingerprint density at radius 3 is 2.95 bits per heavy atom. The zero-order chi connectivity index (χ0) is 13.4. The summed E-state index contributed by atoms with van der Waals surface area (Å²) in [7, 11) is 0. The van der Waals surface area contributed by atoms with Crippen molar-refractivity contribution < 1.29 is 14.7 Å². The van der Waals surface area contributed by atoms with Crippen molar-refractivity contribution in [2.45, 2.75) is 18.9 Å². The summed E-state index contributed by atoms with van der Waals surface area (Å²) < 4.78 is 0. The molecular weight excluding hydrogens is 244 g/mol. The van der Waals surface area contributed by atoms with Crippen LogP contribution < -0.4 is 0 Å². The third-order valence-electron chi connectivity index (χ3n) is 3.87. The highest BCUT2D eigenvalue weighted by atomic mass is 16.3. The Hall–Kier alpha value is -2.04. The molecule has 0 spiro atoms. The first-order chi connectivity index (χ1) is 9.15. The number of piperazine rings is 1. The molecule has 5 heteroatoms. The topological polar surface area (TPSA) is 60.9 Å². The highest BCUT2D eigenvalue weighted by Crippen LogP contribution is 2.24. The number of hydrogen-bond acceptors (Lipinski definition) is 3. The van der Waals surface area contributed by atoms with Crippen LogP contribution in [0.4, 0.5) is 0 Å². The molecule has 3 rings (SSSR count). The van der Waals surface area contributed by atoms with Crippen LogP contribution in [0.15, 0.2) is 24.3 Å². The number of phenols is 1. The van der Waals surface area contributed by atoms with Gasteiger partial charge in [-0.05, 0) is 24.6 Å². The summed E-state index contributed by atoms with van der Waals surface area (Å²) in [5, 5.41) is 9.42. The molecule has 0 aliphatic carbocycles. The molecule has 2 saturated heterocycles. The van der Waals surface area contributed by atoms with Crippen molar-refractivity contribution in [2.75, 3.05) is 19.6 Å². The molecule has 0 radical (unpaired) electrons. The van der Waals surface area contributed by atoms with Gasteiger partial charge < -0.3 is 14.9 Å². The number of fused-ring (bicyclic) bond motifs is 1. The summed E-state index contributed by atoms with van der Waals surface area (Å²) in [4.78, 5) is 27.6. The van der Waals surface area contributed by atoms with E-state index in [1.54, 1.807) is 23.1 Å². The van der Waals surface area contributed by atoms with Gasteiger partial charge in [0.1, 0.15) is 5.75 Å². The fourth-order valence-electron chi connectivity index (χ4n) is 2.87. The lowest BCUT2D eigenvalue weighted by atomic mass is 10.1. The first-order valence-electron chi connectivity index (χ1n) is 6.53. The minimum atomic E-state index is -0.0742. The predicted molar refractivity (Wildman–Crippen MR) is 68.7 cm³/mol. The van der Waals surface area contributed by atoms with Crippen LogP contribution in [0.1, 0.15) is 23.2 Å². The zero-order valence-electron chi connectivity index (χ0n) is 10.6. The third-order valence-corrected chi connectivity index (χ3v) is 3.87. The molecule has 0 bridgehead atoms. The molecule has 0 aromatic heterocycles. The highest BCUT2D eigenvalue weighted by Gasteiger charge is 2.36. The van der Waals surface area contributed by atoms with Crippen LogP contribution in [-0.2, 0) is 4.79 Å². The quantitative estimate of drug-likeness (QED) is 0.814. The Labute approximate surface area is 111 Å². The smallest absolute Gasteiger partial charge is 0.254 e. The van der Waals surface area contributed by atoms with Crippen LogP contribution in [0.25, 0.3) is 0 Å². The van der Waals surface area contributed by atoms with E-state index in [1.807, 2.05) is 4.90 Å². The average molecular weight is 260 g/mol. The number of carbonyl (C=O) groups excluding carboxylic acids is 2. The van der Waals surface area contributed by atoms with Crippen LogP contribution in [0.2, 0.25) is 0 Å². The Morgan fingerprint density at radius 2 is 2.16 bits per heavy atom. The molecule has 1 aromatic carbocycles. The van der Waals surface area contributed by atoms with Crippen molar-refractivity contribution in [3.8, 4) is 5.75 Å². The largest absolute Gasteiger partial charge is 0.508 e. The fraction of sp³-hybridized carbons (Fsp3) is 0.429. The lowest BCUT2D eigenvalue weighted by Gasteiger charge is -2.37. The number of benzene rings is 1. The second kappa shape index (κ2) is 4.57. The standard InChI is InChI=1S/C14H16N2O3/c17-12-3-1-2-10(8-12)14(19)15-6-7-16-11(9-15)4-5-13(16)18/h1-3,8,11,17H,4-7,9H2. The zero-order valence-corrected chi connectivity index (χ0v) is 10.6. The van der Waals surface area contributed by atoms with Gasteiger partial charge in [0.25, 0.3) is 5.91 Å². The second-order valence-corrected chi connectivity index (χ2v) is 5.08. The molecule has 2 amide bonds. The number of carbonyl (C=O) groups is 2. The normalized spacial score (nSPS) is 22.5. The van der Waals surface area contributed by atoms with Crippen LogP contribution >= 0.6 is 0 Å². The molecule has 1 aromatic rings. The van der Waals surface area contributed by atoms with Crippen LogP contribution in [-0.4, -0.2) is 52.4 Å². The summed E-state index contributed by atoms with van der Waals surface area (Å²) in [6.07, 6.45) is 1.43. The van der Waals surface area contributed by atoms with Gasteiger partial charge in [-0.1, -0.05) is 6.07 Å². The lowest BCUT2D eigenvalue weighted by Crippen LogP contribution is -2.53. The van der Waals surface area contributed by atoms with Gasteiger partial charge in [0.15, 0.2) is 0 Å². The van der Waals surface area contributed by atoms with E-state index in [0.717, 1.165) is 6.42 Å². The minimum absolute atomic E-state index is 0.0742. The SMILES string of the molecule is O=C(c1cccc(O)c1)N1CCN2C(=O)CCC2C1. The van der Waals surface area contributed by atoms with Gasteiger partial charge in [-0.15, -0.1) is 0 Å². The van der Waals surface area contributed by atoms with E-state index in [2.05, 4.69) is 0 Å². The molecule has 0 saturated carbocycles. The maximum absolute atomic E-state index is 12.3. The molecule has 1 unspecified atom stereocenters. The highest BCUT2D eigenvalue weighted by molar-refractivity contribution is 5.95. The van der Waals surface area contributed by atoms with E-state index in [0.29, 0.717) is 31.6 Å². The molecule has 1 N–H and O–H groups in total. The average Bonchev–Trinajstić information content (AvgIpc) is 2.79. The summed E-state index contributed by atoms with van der Waals surface area (Å²) in [5.41, 5.74) is 0.498. The number of aromatic hydroxyl groups is 1. The van der Waals surface area contributed by atoms with Crippen LogP contribution in [0.3, 0.4) is 0 Å². The summed E-state index contributed by atoms with van der Waals surface area (Å²) >= 11 is 0. The van der Waals surface area contributed by atoms with Crippen LogP contribution in [0.5, 0.6) is 5.75 Å². The fourth-order valence-corrected chi connectivity index (χ4v) is 2.87. The summed E-state index contributed by atoms with van der Waals surface area (Å²) in [5.74, 6) is 0.227. The van der Waals surface area contributed by atoms with Crippen molar-refractivity contribution in [1.29, 1.82) is 0 Å². The van der Waals surface area contributed by atoms with Crippen molar-refractivity contribution in [2.24, 2.45) is 0 Å². The Balaban J connectivity index is 1.74. The maximum atomic E-state index is 12.3. The molecule has 2 fully saturated rings. The van der Waals surface area contributed by atoms with Crippen molar-refractivity contribution in [3.63, 3.8) is 0 Å². The number of rotatable bonds is 1. The van der Waals surface area contributed by atoms with E-state index in [-0.39, 0.29) is 23.6 Å². The van der Waals surface area contributed by atoms with E-state index < -0.39 is 0 Å². The third kappa shape index (κ3) is 2.16. The van der Waals surface area contributed by atoms with Crippen molar-refractivity contribution in [1.82, 2.24) is 9.80 Å². The first-order valence-corrected chi connectivity index (χ1v) is 6.53. The Kier molecular flexibility index (Phi) is 2.89. The molecule has 2 aliphatic heterocycles. The second-order valence-electron chi connectivity index (χ2n) is 5.08. The van der Waals surface area contributed by atoms with E-state index in [9.17, 15) is 14.7 Å². The first kappa shape index (κ1) is 12.0. The van der Waals surface area contributed by atoms with Crippen LogP contribution in [0, 0.1) is 0 Å². The minimum Gasteiger partial charge on any atom is -0.508 e. The molecular formula is C14H16N2O3. The summed E-state index contributed by atoms with van der Waals surface area (Å²) in [6, 6.07) is 6.56. The van der Waals surface area contributed by atoms with Gasteiger partial charge >= 0.3 is 0 Å². The molecule has 100 valence electrons. The number of nitrogens with zero attached hydrogens (tertiary/aromatic N) is 2. The van der Waals surface area contributed by atoms with Gasteiger partial charge in [-0.2, -0.15) is 0 Å². The number of phenolic OH excluding ortho intramolecular Hbond substituents is 1. The molecule has 2 heterocycles. The number of amides is 2. The lowest BCUT2D eigenvalue weighted by molar-refractivity contribution is -0.130. The molecule has 5 nitrogen and oxygen atoms in total. The maximum Gasteiger partial charge on any atom is 0.254 e. The number of hydrogen-bond donors (Lipinski definition) is 1. The van der Waals surface area contributed by atoms with Gasteiger partial charge in [0.05, 0.1) is 0 Å². The monoisotopic (exact) mass is 260 g/mol. The predicted octanol–water partition coefficient (Wildman–Crippen LogP) is 0.839. The van der Waals surface area contributed by atoms with Gasteiger partial charge in [0.2, 0.25) is 5.91 Å². The van der Waals surface area contributed by atoms with E-state index in [1.165, 1.54) is 6.07 Å². The van der Waals surface area contributed by atoms with Gasteiger partial charge in [-0.25, -0.2) is 0 Å². The molecule has 19 heavy (non-hydrogen) atoms. The van der Waals surface area contributed by atoms with Gasteiger partial charge in [0, 0.05) is 37.7 Å². The Bertz CT molecular complexity index is 529. The van der Waals surface area contributed by atoms with Crippen molar-refractivity contribution >= 4 is 11.8 Å². The molecule has 1 atom stereocenters. The summed E-state index contributed by atoms with van der Waals surface area (Å²) in [6.45, 7) is 1.78. The van der Waals surface area contributed by atoms with Crippen molar-refractivity contribution in [3.05, 3.63) is 29.8 Å². The van der Waals surface area contributed by atoms with Gasteiger partial charge in [-0.3, -0.25) is 9.59 Å².